The van der Waals surface area contributed by atoms with Crippen molar-refractivity contribution in [1.29, 1.82) is 0 Å². The standard InChI is InChI=1S/C13H22F3NO/c14-13(15,16)11-5-1-2-6-12(11)17-10-4-3-8-18-9-7-10/h10-12,17H,1-9H2. The Hall–Kier alpha value is -0.290. The van der Waals surface area contributed by atoms with Crippen molar-refractivity contribution >= 4 is 0 Å². The summed E-state index contributed by atoms with van der Waals surface area (Å²) in [5.41, 5.74) is 0. The molecule has 3 unspecified atom stereocenters. The summed E-state index contributed by atoms with van der Waals surface area (Å²) in [6.07, 6.45) is 1.21. The van der Waals surface area contributed by atoms with Crippen molar-refractivity contribution in [3.63, 3.8) is 0 Å². The first-order valence-corrected chi connectivity index (χ1v) is 6.98. The average molecular weight is 265 g/mol. The molecule has 0 radical (unpaired) electrons. The molecule has 1 aliphatic carbocycles. The molecule has 0 amide bonds. The van der Waals surface area contributed by atoms with Crippen LogP contribution in [0.5, 0.6) is 0 Å². The molecule has 2 fully saturated rings. The van der Waals surface area contributed by atoms with Crippen LogP contribution in [-0.4, -0.2) is 31.5 Å². The van der Waals surface area contributed by atoms with Crippen molar-refractivity contribution in [1.82, 2.24) is 5.32 Å². The summed E-state index contributed by atoms with van der Waals surface area (Å²) in [7, 11) is 0. The van der Waals surface area contributed by atoms with Crippen molar-refractivity contribution in [3.05, 3.63) is 0 Å². The third-order valence-corrected chi connectivity index (χ3v) is 4.09. The zero-order chi connectivity index (χ0) is 13.0. The molecule has 0 spiro atoms. The normalized spacial score (nSPS) is 35.2. The van der Waals surface area contributed by atoms with Crippen molar-refractivity contribution in [2.45, 2.75) is 63.2 Å². The number of nitrogens with one attached hydrogen (secondary N) is 1. The van der Waals surface area contributed by atoms with Crippen LogP contribution in [0.1, 0.15) is 44.9 Å². The number of hydrogen-bond donors (Lipinski definition) is 1. The minimum absolute atomic E-state index is 0.195. The van der Waals surface area contributed by atoms with Crippen LogP contribution < -0.4 is 5.32 Å². The van der Waals surface area contributed by atoms with Gasteiger partial charge in [-0.2, -0.15) is 13.2 Å². The van der Waals surface area contributed by atoms with Crippen LogP contribution in [0.4, 0.5) is 13.2 Å². The van der Waals surface area contributed by atoms with Gasteiger partial charge in [-0.3, -0.25) is 0 Å². The second-order valence-corrected chi connectivity index (χ2v) is 5.45. The van der Waals surface area contributed by atoms with E-state index >= 15 is 0 Å². The van der Waals surface area contributed by atoms with Gasteiger partial charge < -0.3 is 10.1 Å². The van der Waals surface area contributed by atoms with Crippen LogP contribution in [0.25, 0.3) is 0 Å². The Bertz CT molecular complexity index is 249. The predicted octanol–water partition coefficient (Wildman–Crippen LogP) is 3.27. The fourth-order valence-electron chi connectivity index (χ4n) is 3.10. The van der Waals surface area contributed by atoms with Gasteiger partial charge >= 0.3 is 6.18 Å². The van der Waals surface area contributed by atoms with Gasteiger partial charge in [0.25, 0.3) is 0 Å². The first kappa shape index (κ1) is 14.1. The third kappa shape index (κ3) is 3.85. The fourth-order valence-corrected chi connectivity index (χ4v) is 3.10. The summed E-state index contributed by atoms with van der Waals surface area (Å²) < 4.78 is 44.2. The highest BCUT2D eigenvalue weighted by molar-refractivity contribution is 4.88. The smallest absolute Gasteiger partial charge is 0.381 e. The fraction of sp³-hybridized carbons (Fsp3) is 1.00. The van der Waals surface area contributed by atoms with Gasteiger partial charge in [-0.05, 0) is 32.1 Å². The Morgan fingerprint density at radius 1 is 0.889 bits per heavy atom. The average Bonchev–Trinajstić information content (AvgIpc) is 2.57. The maximum atomic E-state index is 13.0. The van der Waals surface area contributed by atoms with E-state index in [1.54, 1.807) is 0 Å². The lowest BCUT2D eigenvalue weighted by Gasteiger charge is -2.36. The molecule has 2 nitrogen and oxygen atoms in total. The van der Waals surface area contributed by atoms with Gasteiger partial charge in [-0.15, -0.1) is 0 Å². The molecule has 2 rings (SSSR count). The van der Waals surface area contributed by atoms with Gasteiger partial charge in [0.1, 0.15) is 0 Å². The minimum atomic E-state index is -4.06. The maximum absolute atomic E-state index is 13.0. The zero-order valence-electron chi connectivity index (χ0n) is 10.6. The molecule has 2 aliphatic rings. The van der Waals surface area contributed by atoms with Crippen LogP contribution in [0.2, 0.25) is 0 Å². The molecule has 18 heavy (non-hydrogen) atoms. The van der Waals surface area contributed by atoms with Crippen molar-refractivity contribution in [2.75, 3.05) is 13.2 Å². The van der Waals surface area contributed by atoms with Crippen LogP contribution in [0, 0.1) is 5.92 Å². The minimum Gasteiger partial charge on any atom is -0.381 e. The van der Waals surface area contributed by atoms with Gasteiger partial charge in [-0.1, -0.05) is 12.8 Å². The highest BCUT2D eigenvalue weighted by Crippen LogP contribution is 2.38. The molecule has 1 N–H and O–H groups in total. The molecule has 3 atom stereocenters. The molecule has 1 saturated heterocycles. The number of rotatable bonds is 2. The molecule has 1 heterocycles. The summed E-state index contributed by atoms with van der Waals surface area (Å²) in [4.78, 5) is 0. The van der Waals surface area contributed by atoms with E-state index in [-0.39, 0.29) is 18.5 Å². The molecule has 1 aliphatic heterocycles. The van der Waals surface area contributed by atoms with Crippen LogP contribution in [0.3, 0.4) is 0 Å². The Balaban J connectivity index is 1.92. The molecular formula is C13H22F3NO. The highest BCUT2D eigenvalue weighted by Gasteiger charge is 2.45. The van der Waals surface area contributed by atoms with E-state index in [2.05, 4.69) is 5.32 Å². The first-order chi connectivity index (χ1) is 8.57. The van der Waals surface area contributed by atoms with E-state index < -0.39 is 12.1 Å². The maximum Gasteiger partial charge on any atom is 0.393 e. The van der Waals surface area contributed by atoms with Gasteiger partial charge in [-0.25, -0.2) is 0 Å². The quantitative estimate of drug-likeness (QED) is 0.827. The topological polar surface area (TPSA) is 21.3 Å². The molecule has 0 aromatic rings. The molecule has 106 valence electrons. The van der Waals surface area contributed by atoms with Gasteiger partial charge in [0.05, 0.1) is 5.92 Å². The predicted molar refractivity (Wildman–Crippen MR) is 63.4 cm³/mol. The van der Waals surface area contributed by atoms with Crippen LogP contribution >= 0.6 is 0 Å². The second-order valence-electron chi connectivity index (χ2n) is 5.45. The largest absolute Gasteiger partial charge is 0.393 e. The lowest BCUT2D eigenvalue weighted by molar-refractivity contribution is -0.189. The van der Waals surface area contributed by atoms with Gasteiger partial charge in [0, 0.05) is 25.3 Å². The summed E-state index contributed by atoms with van der Waals surface area (Å²) in [5.74, 6) is -1.16. The number of ether oxygens (including phenoxy) is 1. The molecular weight excluding hydrogens is 243 g/mol. The van der Waals surface area contributed by atoms with Crippen LogP contribution in [-0.2, 0) is 4.74 Å². The molecule has 0 aromatic heterocycles. The molecule has 0 bridgehead atoms. The monoisotopic (exact) mass is 265 g/mol. The van der Waals surface area contributed by atoms with Crippen molar-refractivity contribution in [3.8, 4) is 0 Å². The van der Waals surface area contributed by atoms with E-state index in [0.717, 1.165) is 32.3 Å². The van der Waals surface area contributed by atoms with Gasteiger partial charge in [0.2, 0.25) is 0 Å². The van der Waals surface area contributed by atoms with Crippen LogP contribution in [0.15, 0.2) is 0 Å². The van der Waals surface area contributed by atoms with E-state index in [4.69, 9.17) is 4.74 Å². The Kier molecular flexibility index (Phi) is 4.90. The number of hydrogen-bond acceptors (Lipinski definition) is 2. The number of halogens is 3. The Morgan fingerprint density at radius 3 is 2.44 bits per heavy atom. The lowest BCUT2D eigenvalue weighted by Crippen LogP contribution is -2.49. The first-order valence-electron chi connectivity index (χ1n) is 6.98. The number of alkyl halides is 3. The summed E-state index contributed by atoms with van der Waals surface area (Å²) in [5, 5.41) is 3.25. The Morgan fingerprint density at radius 2 is 1.67 bits per heavy atom. The Labute approximate surface area is 106 Å². The summed E-state index contributed by atoms with van der Waals surface area (Å²) in [6, 6.07) is -0.192. The molecule has 1 saturated carbocycles. The summed E-state index contributed by atoms with van der Waals surface area (Å²) in [6.45, 7) is 1.41. The summed E-state index contributed by atoms with van der Waals surface area (Å²) >= 11 is 0. The molecule has 0 aromatic carbocycles. The lowest BCUT2D eigenvalue weighted by atomic mass is 9.83. The second kappa shape index (κ2) is 6.24. The van der Waals surface area contributed by atoms with E-state index in [0.29, 0.717) is 19.4 Å². The van der Waals surface area contributed by atoms with Gasteiger partial charge in [0.15, 0.2) is 0 Å². The third-order valence-electron chi connectivity index (χ3n) is 4.09. The van der Waals surface area contributed by atoms with E-state index in [9.17, 15) is 13.2 Å². The van der Waals surface area contributed by atoms with Crippen molar-refractivity contribution in [2.24, 2.45) is 5.92 Å². The van der Waals surface area contributed by atoms with E-state index in [1.165, 1.54) is 0 Å². The SMILES string of the molecule is FC(F)(F)C1CCCCC1NC1CCCOCC1. The molecule has 5 heteroatoms. The zero-order valence-corrected chi connectivity index (χ0v) is 10.6. The highest BCUT2D eigenvalue weighted by atomic mass is 19.4. The van der Waals surface area contributed by atoms with Crippen molar-refractivity contribution < 1.29 is 17.9 Å². The van der Waals surface area contributed by atoms with E-state index in [1.807, 2.05) is 0 Å².